The van der Waals surface area contributed by atoms with Crippen molar-refractivity contribution in [3.8, 4) is 0 Å². The average Bonchev–Trinajstić information content (AvgIpc) is 2.24. The van der Waals surface area contributed by atoms with Gasteiger partial charge in [0, 0.05) is 0 Å². The van der Waals surface area contributed by atoms with Crippen LogP contribution in [0.25, 0.3) is 0 Å². The monoisotopic (exact) mass is 254 g/mol. The molecule has 0 radical (unpaired) electrons. The van der Waals surface area contributed by atoms with Crippen molar-refractivity contribution in [3.05, 3.63) is 20.2 Å². The quantitative estimate of drug-likeness (QED) is 0.286. The number of rotatable bonds is 9. The molecule has 0 saturated heterocycles. The molecule has 98 valence electrons. The van der Waals surface area contributed by atoms with Gasteiger partial charge in [-0.05, 0) is 0 Å². The van der Waals surface area contributed by atoms with Crippen LogP contribution in [0, 0.1) is 20.2 Å². The van der Waals surface area contributed by atoms with E-state index in [0.717, 1.165) is 7.11 Å². The summed E-state index contributed by atoms with van der Waals surface area (Å²) in [6.45, 7) is -1.56. The Morgan fingerprint density at radius 3 is 2.35 bits per heavy atom. The zero-order valence-corrected chi connectivity index (χ0v) is 8.77. The van der Waals surface area contributed by atoms with Crippen LogP contribution in [-0.4, -0.2) is 49.2 Å². The summed E-state index contributed by atoms with van der Waals surface area (Å²) in [4.78, 5) is 38.4. The van der Waals surface area contributed by atoms with Crippen LogP contribution in [0.4, 0.5) is 0 Å². The number of esters is 1. The van der Waals surface area contributed by atoms with Gasteiger partial charge in [0.2, 0.25) is 0 Å². The Labute approximate surface area is 94.4 Å². The molecule has 0 aliphatic rings. The van der Waals surface area contributed by atoms with Crippen molar-refractivity contribution >= 4 is 5.97 Å². The van der Waals surface area contributed by atoms with Gasteiger partial charge in [0.25, 0.3) is 10.2 Å². The van der Waals surface area contributed by atoms with Crippen molar-refractivity contribution in [3.63, 3.8) is 0 Å². The second-order valence-electron chi connectivity index (χ2n) is 2.56. The molecule has 0 saturated carbocycles. The zero-order chi connectivity index (χ0) is 13.3. The van der Waals surface area contributed by atoms with Gasteiger partial charge >= 0.3 is 5.97 Å². The highest BCUT2D eigenvalue weighted by atomic mass is 17.0. The summed E-state index contributed by atoms with van der Waals surface area (Å²) in [7, 11) is 1.13. The maximum absolute atomic E-state index is 10.6. The van der Waals surface area contributed by atoms with Crippen molar-refractivity contribution in [2.24, 2.45) is 0 Å². The van der Waals surface area contributed by atoms with Gasteiger partial charge in [-0.1, -0.05) is 0 Å². The van der Waals surface area contributed by atoms with Crippen LogP contribution in [0.15, 0.2) is 0 Å². The van der Waals surface area contributed by atoms with Crippen LogP contribution in [-0.2, 0) is 23.9 Å². The third-order valence-electron chi connectivity index (χ3n) is 1.35. The Bertz CT molecular complexity index is 281. The molecule has 0 aromatic heterocycles. The molecule has 0 aliphatic heterocycles. The fourth-order valence-corrected chi connectivity index (χ4v) is 0.707. The number of nitrogens with zero attached hydrogens (tertiary/aromatic N) is 2. The normalized spacial score (nSPS) is 11.4. The summed E-state index contributed by atoms with van der Waals surface area (Å²) >= 11 is 0. The Kier molecular flexibility index (Phi) is 7.01. The smallest absolute Gasteiger partial charge is 0.331 e. The van der Waals surface area contributed by atoms with Crippen LogP contribution < -0.4 is 0 Å². The molecule has 0 aliphatic carbocycles. The number of carbonyl (C=O) groups is 1. The van der Waals surface area contributed by atoms with Gasteiger partial charge in [0.15, 0.2) is 6.10 Å². The van der Waals surface area contributed by atoms with E-state index >= 15 is 0 Å². The summed E-state index contributed by atoms with van der Waals surface area (Å²) in [6.07, 6.45) is -1.31. The molecule has 0 fully saturated rings. The summed E-state index contributed by atoms with van der Waals surface area (Å²) in [5.41, 5.74) is 0. The van der Waals surface area contributed by atoms with Gasteiger partial charge in [-0.3, -0.25) is 0 Å². The van der Waals surface area contributed by atoms with Gasteiger partial charge in [-0.15, -0.1) is 20.2 Å². The van der Waals surface area contributed by atoms with Crippen LogP contribution in [0.3, 0.4) is 0 Å². The maximum Gasteiger partial charge on any atom is 0.331 e. The lowest BCUT2D eigenvalue weighted by Crippen LogP contribution is -2.30. The molecule has 0 bridgehead atoms. The zero-order valence-electron chi connectivity index (χ0n) is 8.77. The molecular formula is C6H10N2O9. The standard InChI is InChI=1S/C6H10N2O9/c1-14-6(9)4-15-2-5(17-8(12)13)3-16-7(10)11/h5H,2-4H2,1H3. The Morgan fingerprint density at radius 2 is 1.88 bits per heavy atom. The van der Waals surface area contributed by atoms with Gasteiger partial charge in [0.1, 0.15) is 13.2 Å². The van der Waals surface area contributed by atoms with Gasteiger partial charge in [-0.25, -0.2) is 4.79 Å². The lowest BCUT2D eigenvalue weighted by Gasteiger charge is -2.13. The summed E-state index contributed by atoms with van der Waals surface area (Å²) in [5.74, 6) is -0.694. The van der Waals surface area contributed by atoms with Crippen molar-refractivity contribution < 1.29 is 34.1 Å². The van der Waals surface area contributed by atoms with Crippen LogP contribution in [0.5, 0.6) is 0 Å². The Morgan fingerprint density at radius 1 is 1.24 bits per heavy atom. The second kappa shape index (κ2) is 8.04. The van der Waals surface area contributed by atoms with E-state index in [4.69, 9.17) is 0 Å². The molecule has 1 atom stereocenters. The predicted octanol–water partition coefficient (Wildman–Crippen LogP) is -1.04. The molecule has 11 nitrogen and oxygen atoms in total. The minimum Gasteiger partial charge on any atom is -0.467 e. The number of hydrogen-bond donors (Lipinski definition) is 0. The number of methoxy groups -OCH3 is 1. The van der Waals surface area contributed by atoms with E-state index in [-0.39, 0.29) is 0 Å². The average molecular weight is 254 g/mol. The van der Waals surface area contributed by atoms with Crippen LogP contribution >= 0.6 is 0 Å². The van der Waals surface area contributed by atoms with Crippen molar-refractivity contribution in [2.45, 2.75) is 6.10 Å². The molecule has 0 aromatic carbocycles. The molecule has 1 unspecified atom stereocenters. The van der Waals surface area contributed by atoms with E-state index in [0.29, 0.717) is 0 Å². The maximum atomic E-state index is 10.6. The summed E-state index contributed by atoms with van der Waals surface area (Å²) < 4.78 is 8.91. The molecule has 0 amide bonds. The lowest BCUT2D eigenvalue weighted by molar-refractivity contribution is -0.790. The summed E-state index contributed by atoms with van der Waals surface area (Å²) in [6, 6.07) is 0. The van der Waals surface area contributed by atoms with E-state index in [1.807, 2.05) is 0 Å². The molecule has 0 rings (SSSR count). The third kappa shape index (κ3) is 8.80. The first-order valence-electron chi connectivity index (χ1n) is 4.18. The Balaban J connectivity index is 3.96. The highest BCUT2D eigenvalue weighted by Crippen LogP contribution is 1.96. The van der Waals surface area contributed by atoms with Crippen LogP contribution in [0.1, 0.15) is 0 Å². The molecule has 0 heterocycles. The minimum atomic E-state index is -1.31. The van der Waals surface area contributed by atoms with Crippen molar-refractivity contribution in [1.29, 1.82) is 0 Å². The summed E-state index contributed by atoms with van der Waals surface area (Å²) in [5, 5.41) is 17.6. The first-order valence-corrected chi connectivity index (χ1v) is 4.18. The molecule has 0 N–H and O–H groups in total. The van der Waals surface area contributed by atoms with Gasteiger partial charge in [0.05, 0.1) is 13.7 Å². The first kappa shape index (κ1) is 14.8. The van der Waals surface area contributed by atoms with Gasteiger partial charge in [-0.2, -0.15) is 0 Å². The van der Waals surface area contributed by atoms with Crippen LogP contribution in [0.2, 0.25) is 0 Å². The lowest BCUT2D eigenvalue weighted by atomic mass is 10.4. The van der Waals surface area contributed by atoms with E-state index in [1.165, 1.54) is 0 Å². The minimum absolute atomic E-state index is 0.427. The van der Waals surface area contributed by atoms with Crippen molar-refractivity contribution in [2.75, 3.05) is 26.9 Å². The molecular weight excluding hydrogens is 244 g/mol. The number of carbonyl (C=O) groups excluding carboxylic acids is 1. The predicted molar refractivity (Wildman–Crippen MR) is 47.6 cm³/mol. The second-order valence-corrected chi connectivity index (χ2v) is 2.56. The SMILES string of the molecule is COC(=O)COCC(CO[N+](=O)[O-])O[N+](=O)[O-]. The Hall–Kier alpha value is -2.17. The molecule has 0 spiro atoms. The van der Waals surface area contributed by atoms with E-state index in [2.05, 4.69) is 19.1 Å². The largest absolute Gasteiger partial charge is 0.467 e. The number of ether oxygens (including phenoxy) is 2. The van der Waals surface area contributed by atoms with Crippen molar-refractivity contribution in [1.82, 2.24) is 0 Å². The fourth-order valence-electron chi connectivity index (χ4n) is 0.707. The van der Waals surface area contributed by atoms with E-state index < -0.39 is 42.1 Å². The van der Waals surface area contributed by atoms with E-state index in [1.54, 1.807) is 0 Å². The topological polar surface area (TPSA) is 140 Å². The highest BCUT2D eigenvalue weighted by molar-refractivity contribution is 5.70. The molecule has 11 heteroatoms. The highest BCUT2D eigenvalue weighted by Gasteiger charge is 2.16. The van der Waals surface area contributed by atoms with Gasteiger partial charge < -0.3 is 19.1 Å². The fraction of sp³-hybridized carbons (Fsp3) is 0.833. The van der Waals surface area contributed by atoms with E-state index in [9.17, 15) is 25.0 Å². The third-order valence-corrected chi connectivity index (χ3v) is 1.35. The number of hydrogen-bond acceptors (Lipinski definition) is 9. The molecule has 17 heavy (non-hydrogen) atoms. The molecule has 0 aromatic rings. The first-order chi connectivity index (χ1) is 7.95.